The van der Waals surface area contributed by atoms with Crippen LogP contribution in [0.2, 0.25) is 0 Å². The Bertz CT molecular complexity index is 1330. The second-order valence-corrected chi connectivity index (χ2v) is 9.16. The Balaban J connectivity index is 1.52. The average molecular weight is 431 g/mol. The van der Waals surface area contributed by atoms with E-state index in [1.54, 1.807) is 12.1 Å². The molecular formula is C26H27FN4O. The highest BCUT2D eigenvalue weighted by Gasteiger charge is 2.34. The summed E-state index contributed by atoms with van der Waals surface area (Å²) in [6.07, 6.45) is 1.56. The summed E-state index contributed by atoms with van der Waals surface area (Å²) in [6.45, 7) is 5.48. The third kappa shape index (κ3) is 3.05. The van der Waals surface area contributed by atoms with Crippen LogP contribution in [0.15, 0.2) is 42.5 Å². The molecule has 2 aromatic heterocycles. The van der Waals surface area contributed by atoms with E-state index in [1.165, 1.54) is 23.4 Å². The Morgan fingerprint density at radius 2 is 2.03 bits per heavy atom. The summed E-state index contributed by atoms with van der Waals surface area (Å²) in [4.78, 5) is 11.3. The summed E-state index contributed by atoms with van der Waals surface area (Å²) in [7, 11) is 1.49. The third-order valence-corrected chi connectivity index (χ3v) is 7.02. The van der Waals surface area contributed by atoms with Crippen LogP contribution in [0.1, 0.15) is 23.7 Å². The van der Waals surface area contributed by atoms with Crippen molar-refractivity contribution in [1.29, 1.82) is 0 Å². The number of methoxy groups -OCH3 is 1. The predicted molar refractivity (Wildman–Crippen MR) is 126 cm³/mol. The minimum absolute atomic E-state index is 0.264. The first-order valence-corrected chi connectivity index (χ1v) is 11.3. The molecule has 0 bridgehead atoms. The number of nitrogens with one attached hydrogen (secondary N) is 2. The van der Waals surface area contributed by atoms with Gasteiger partial charge in [0.05, 0.1) is 18.3 Å². The van der Waals surface area contributed by atoms with Crippen LogP contribution in [-0.2, 0) is 12.8 Å². The fraction of sp³-hybridized carbons (Fsp3) is 0.346. The second-order valence-electron chi connectivity index (χ2n) is 9.16. The van der Waals surface area contributed by atoms with Crippen LogP contribution < -0.4 is 15.0 Å². The Labute approximate surface area is 186 Å². The largest absolute Gasteiger partial charge is 0.494 e. The van der Waals surface area contributed by atoms with Gasteiger partial charge in [-0.15, -0.1) is 0 Å². The van der Waals surface area contributed by atoms with Crippen molar-refractivity contribution in [3.05, 3.63) is 65.1 Å². The predicted octanol–water partition coefficient (Wildman–Crippen LogP) is 4.43. The number of para-hydroxylation sites is 1. The monoisotopic (exact) mass is 430 g/mol. The maximum Gasteiger partial charge on any atom is 0.165 e. The Hall–Kier alpha value is -3.12. The fourth-order valence-corrected chi connectivity index (χ4v) is 5.24. The molecule has 0 saturated carbocycles. The van der Waals surface area contributed by atoms with Gasteiger partial charge < -0.3 is 19.9 Å². The number of pyridine rings is 1. The molecule has 2 aliphatic heterocycles. The molecule has 2 aromatic carbocycles. The van der Waals surface area contributed by atoms with Crippen molar-refractivity contribution in [2.75, 3.05) is 31.6 Å². The summed E-state index contributed by atoms with van der Waals surface area (Å²) >= 11 is 0. The first kappa shape index (κ1) is 19.6. The number of halogens is 1. The minimum Gasteiger partial charge on any atom is -0.494 e. The van der Waals surface area contributed by atoms with Crippen LogP contribution in [0.5, 0.6) is 5.75 Å². The number of H-pyrrole nitrogens is 1. The lowest BCUT2D eigenvalue weighted by atomic mass is 10.0. The highest BCUT2D eigenvalue weighted by atomic mass is 19.1. The van der Waals surface area contributed by atoms with Gasteiger partial charge in [-0.1, -0.05) is 24.3 Å². The second kappa shape index (κ2) is 7.48. The first-order chi connectivity index (χ1) is 15.6. The summed E-state index contributed by atoms with van der Waals surface area (Å²) in [5.74, 6) is 1.70. The van der Waals surface area contributed by atoms with Gasteiger partial charge in [0, 0.05) is 59.9 Å². The number of hydrogen-bond acceptors (Lipinski definition) is 4. The van der Waals surface area contributed by atoms with E-state index in [9.17, 15) is 4.39 Å². The van der Waals surface area contributed by atoms with Gasteiger partial charge in [0.15, 0.2) is 11.6 Å². The van der Waals surface area contributed by atoms with Gasteiger partial charge in [-0.25, -0.2) is 9.37 Å². The molecule has 6 heteroatoms. The van der Waals surface area contributed by atoms with Crippen molar-refractivity contribution in [3.8, 4) is 5.75 Å². The van der Waals surface area contributed by atoms with Crippen LogP contribution >= 0.6 is 0 Å². The van der Waals surface area contributed by atoms with Gasteiger partial charge in [-0.2, -0.15) is 0 Å². The van der Waals surface area contributed by atoms with Crippen molar-refractivity contribution >= 4 is 27.6 Å². The van der Waals surface area contributed by atoms with Crippen molar-refractivity contribution in [2.45, 2.75) is 25.8 Å². The topological polar surface area (TPSA) is 53.2 Å². The molecule has 4 heterocycles. The zero-order valence-electron chi connectivity index (χ0n) is 18.4. The van der Waals surface area contributed by atoms with Gasteiger partial charge in [0.2, 0.25) is 0 Å². The lowest BCUT2D eigenvalue weighted by Crippen LogP contribution is -2.49. The Morgan fingerprint density at radius 1 is 1.19 bits per heavy atom. The molecule has 1 atom stereocenters. The van der Waals surface area contributed by atoms with Crippen LogP contribution in [0.4, 0.5) is 10.2 Å². The lowest BCUT2D eigenvalue weighted by molar-refractivity contribution is 0.343. The van der Waals surface area contributed by atoms with Crippen LogP contribution in [0.25, 0.3) is 21.8 Å². The van der Waals surface area contributed by atoms with E-state index in [0.29, 0.717) is 18.4 Å². The number of anilines is 1. The number of nitrogens with zero attached hydrogens (tertiary/aromatic N) is 2. The molecule has 5 nitrogen and oxygen atoms in total. The van der Waals surface area contributed by atoms with Gasteiger partial charge in [-0.3, -0.25) is 0 Å². The number of ether oxygens (including phenoxy) is 1. The van der Waals surface area contributed by atoms with E-state index in [4.69, 9.17) is 9.72 Å². The molecular weight excluding hydrogens is 403 g/mol. The number of aromatic nitrogens is 2. The minimum atomic E-state index is -0.341. The highest BCUT2D eigenvalue weighted by Crippen LogP contribution is 2.41. The van der Waals surface area contributed by atoms with Crippen molar-refractivity contribution in [2.24, 2.45) is 5.92 Å². The van der Waals surface area contributed by atoms with E-state index in [0.717, 1.165) is 54.2 Å². The zero-order chi connectivity index (χ0) is 21.8. The average Bonchev–Trinajstić information content (AvgIpc) is 3.29. The molecule has 0 spiro atoms. The van der Waals surface area contributed by atoms with Gasteiger partial charge >= 0.3 is 0 Å². The summed E-state index contributed by atoms with van der Waals surface area (Å²) in [5, 5.41) is 5.90. The molecule has 2 aliphatic rings. The normalized spacial score (nSPS) is 18.3. The van der Waals surface area contributed by atoms with Crippen molar-refractivity contribution in [3.63, 3.8) is 0 Å². The van der Waals surface area contributed by atoms with E-state index in [1.807, 2.05) is 6.07 Å². The number of aromatic amines is 1. The third-order valence-electron chi connectivity index (χ3n) is 7.02. The highest BCUT2D eigenvalue weighted by molar-refractivity contribution is 6.11. The summed E-state index contributed by atoms with van der Waals surface area (Å²) in [6, 6.07) is 14.1. The molecule has 0 aliphatic carbocycles. The first-order valence-electron chi connectivity index (χ1n) is 11.3. The van der Waals surface area contributed by atoms with Crippen LogP contribution in [0.3, 0.4) is 0 Å². The number of hydrogen-bond donors (Lipinski definition) is 2. The SMILES string of the molecule is COc1ccc(Cc2nc3c(c4c2[nH]c2ccccc24)CC(C)N3CC2CNC2)cc1F. The maximum atomic E-state index is 14.4. The van der Waals surface area contributed by atoms with Crippen LogP contribution in [0, 0.1) is 11.7 Å². The molecule has 0 amide bonds. The molecule has 2 N–H and O–H groups in total. The number of fused-ring (bicyclic) bond motifs is 5. The summed E-state index contributed by atoms with van der Waals surface area (Å²) in [5.41, 5.74) is 5.37. The maximum absolute atomic E-state index is 14.4. The van der Waals surface area contributed by atoms with Gasteiger partial charge in [0.25, 0.3) is 0 Å². The number of benzene rings is 2. The summed E-state index contributed by atoms with van der Waals surface area (Å²) < 4.78 is 19.5. The van der Waals surface area contributed by atoms with Gasteiger partial charge in [-0.05, 0) is 37.1 Å². The molecule has 4 aromatic rings. The van der Waals surface area contributed by atoms with E-state index >= 15 is 0 Å². The quantitative estimate of drug-likeness (QED) is 0.492. The molecule has 1 fully saturated rings. The van der Waals surface area contributed by atoms with Gasteiger partial charge in [0.1, 0.15) is 5.82 Å². The molecule has 1 unspecified atom stereocenters. The molecule has 32 heavy (non-hydrogen) atoms. The fourth-order valence-electron chi connectivity index (χ4n) is 5.24. The lowest BCUT2D eigenvalue weighted by Gasteiger charge is -2.34. The van der Waals surface area contributed by atoms with Crippen molar-refractivity contribution < 1.29 is 9.13 Å². The molecule has 164 valence electrons. The molecule has 0 radical (unpaired) electrons. The van der Waals surface area contributed by atoms with E-state index < -0.39 is 0 Å². The smallest absolute Gasteiger partial charge is 0.165 e. The number of rotatable bonds is 5. The molecule has 6 rings (SSSR count). The Kier molecular flexibility index (Phi) is 4.57. The van der Waals surface area contributed by atoms with E-state index in [-0.39, 0.29) is 11.6 Å². The standard InChI is InChI=1S/C26H27FN4O/c1-15-9-19-24-18-5-3-4-6-21(18)29-25(24)22(11-16-7-8-23(32-2)20(27)10-16)30-26(19)31(15)14-17-12-28-13-17/h3-8,10,15,17,28-29H,9,11-14H2,1-2H3. The van der Waals surface area contributed by atoms with Crippen LogP contribution in [-0.4, -0.2) is 42.8 Å². The van der Waals surface area contributed by atoms with E-state index in [2.05, 4.69) is 46.4 Å². The molecule has 1 saturated heterocycles. The Morgan fingerprint density at radius 3 is 2.78 bits per heavy atom. The zero-order valence-corrected chi connectivity index (χ0v) is 18.4. The van der Waals surface area contributed by atoms with Crippen molar-refractivity contribution in [1.82, 2.24) is 15.3 Å².